The predicted octanol–water partition coefficient (Wildman–Crippen LogP) is 3.50. The average molecular weight is 251 g/mol. The Hall–Kier alpha value is -0.0800. The van der Waals surface area contributed by atoms with E-state index < -0.39 is 0 Å². The molecule has 2 atom stereocenters. The van der Waals surface area contributed by atoms with Crippen LogP contribution in [0.25, 0.3) is 0 Å². The normalized spacial score (nSPS) is 33.5. The van der Waals surface area contributed by atoms with Crippen LogP contribution in [-0.4, -0.2) is 25.3 Å². The predicted molar refractivity (Wildman–Crippen MR) is 74.7 cm³/mol. The lowest BCUT2D eigenvalue weighted by molar-refractivity contribution is -0.147. The van der Waals surface area contributed by atoms with E-state index in [0.717, 1.165) is 24.5 Å². The van der Waals surface area contributed by atoms with Crippen molar-refractivity contribution >= 4 is 0 Å². The van der Waals surface area contributed by atoms with Gasteiger partial charge in [-0.1, -0.05) is 25.7 Å². The third-order valence-corrected chi connectivity index (χ3v) is 5.80. The van der Waals surface area contributed by atoms with Gasteiger partial charge >= 0.3 is 0 Å². The molecule has 1 saturated heterocycles. The second-order valence-corrected chi connectivity index (χ2v) is 6.92. The molecule has 0 aromatic carbocycles. The summed E-state index contributed by atoms with van der Waals surface area (Å²) in [6.07, 6.45) is 13.9. The first-order valence-corrected chi connectivity index (χ1v) is 8.12. The highest BCUT2D eigenvalue weighted by atomic mass is 16.5. The summed E-state index contributed by atoms with van der Waals surface area (Å²) in [7, 11) is 2.17. The summed E-state index contributed by atoms with van der Waals surface area (Å²) in [4.78, 5) is 0. The van der Waals surface area contributed by atoms with Gasteiger partial charge in [-0.3, -0.25) is 0 Å². The van der Waals surface area contributed by atoms with Gasteiger partial charge in [0.2, 0.25) is 0 Å². The topological polar surface area (TPSA) is 21.3 Å². The molecule has 1 N–H and O–H groups in total. The van der Waals surface area contributed by atoms with Crippen molar-refractivity contribution in [2.24, 2.45) is 11.8 Å². The van der Waals surface area contributed by atoms with Crippen LogP contribution in [0.1, 0.15) is 64.2 Å². The molecule has 0 amide bonds. The first kappa shape index (κ1) is 12.9. The third kappa shape index (κ3) is 2.60. The van der Waals surface area contributed by atoms with E-state index in [1.54, 1.807) is 0 Å². The average Bonchev–Trinajstić information content (AvgIpc) is 2.87. The Morgan fingerprint density at radius 2 is 1.94 bits per heavy atom. The monoisotopic (exact) mass is 251 g/mol. The molecule has 2 aliphatic carbocycles. The summed E-state index contributed by atoms with van der Waals surface area (Å²) in [5.74, 6) is 1.87. The summed E-state index contributed by atoms with van der Waals surface area (Å²) < 4.78 is 6.07. The number of hydrogen-bond donors (Lipinski definition) is 1. The third-order valence-electron chi connectivity index (χ3n) is 5.80. The Labute approximate surface area is 112 Å². The zero-order valence-corrected chi connectivity index (χ0v) is 11.9. The van der Waals surface area contributed by atoms with Crippen LogP contribution in [0.3, 0.4) is 0 Å². The molecule has 18 heavy (non-hydrogen) atoms. The molecule has 2 saturated carbocycles. The van der Waals surface area contributed by atoms with Gasteiger partial charge < -0.3 is 10.1 Å². The lowest BCUT2D eigenvalue weighted by atomic mass is 9.69. The van der Waals surface area contributed by atoms with E-state index in [2.05, 4.69) is 12.4 Å². The Kier molecular flexibility index (Phi) is 3.95. The Morgan fingerprint density at radius 1 is 1.17 bits per heavy atom. The Balaban J connectivity index is 1.56. The van der Waals surface area contributed by atoms with Gasteiger partial charge in [0.15, 0.2) is 0 Å². The van der Waals surface area contributed by atoms with Crippen LogP contribution in [0.5, 0.6) is 0 Å². The van der Waals surface area contributed by atoms with Crippen molar-refractivity contribution in [3.05, 3.63) is 0 Å². The van der Waals surface area contributed by atoms with Crippen LogP contribution in [0, 0.1) is 11.8 Å². The number of nitrogens with one attached hydrogen (secondary N) is 1. The maximum Gasteiger partial charge on any atom is 0.0685 e. The molecule has 2 unspecified atom stereocenters. The lowest BCUT2D eigenvalue weighted by Crippen LogP contribution is -2.50. The summed E-state index contributed by atoms with van der Waals surface area (Å²) >= 11 is 0. The largest absolute Gasteiger partial charge is 0.375 e. The summed E-state index contributed by atoms with van der Waals surface area (Å²) in [6, 6.07) is 0.745. The van der Waals surface area contributed by atoms with E-state index in [0.29, 0.717) is 5.60 Å². The lowest BCUT2D eigenvalue weighted by Gasteiger charge is -2.49. The van der Waals surface area contributed by atoms with Crippen molar-refractivity contribution in [1.82, 2.24) is 5.32 Å². The zero-order valence-electron chi connectivity index (χ0n) is 11.9. The van der Waals surface area contributed by atoms with E-state index in [9.17, 15) is 0 Å². The molecule has 104 valence electrons. The SMILES string of the molecule is CNC(CC1CCCC1)C1CCOC2(CCC2)C1. The Morgan fingerprint density at radius 3 is 2.56 bits per heavy atom. The van der Waals surface area contributed by atoms with Crippen LogP contribution in [0.15, 0.2) is 0 Å². The van der Waals surface area contributed by atoms with Gasteiger partial charge in [-0.2, -0.15) is 0 Å². The van der Waals surface area contributed by atoms with E-state index in [-0.39, 0.29) is 0 Å². The van der Waals surface area contributed by atoms with Crippen LogP contribution in [0.2, 0.25) is 0 Å². The van der Waals surface area contributed by atoms with Crippen LogP contribution in [-0.2, 0) is 4.74 Å². The highest BCUT2D eigenvalue weighted by molar-refractivity contribution is 4.96. The van der Waals surface area contributed by atoms with E-state index in [1.807, 2.05) is 0 Å². The highest BCUT2D eigenvalue weighted by Gasteiger charge is 2.44. The minimum Gasteiger partial charge on any atom is -0.375 e. The molecule has 2 nitrogen and oxygen atoms in total. The molecule has 3 rings (SSSR count). The van der Waals surface area contributed by atoms with Crippen molar-refractivity contribution in [3.8, 4) is 0 Å². The molecule has 3 fully saturated rings. The standard InChI is InChI=1S/C16H29NO/c1-17-15(11-13-5-2-3-6-13)14-7-10-18-16(12-14)8-4-9-16/h13-15,17H,2-12H2,1H3. The quantitative estimate of drug-likeness (QED) is 0.825. The van der Waals surface area contributed by atoms with Crippen LogP contribution < -0.4 is 5.32 Å². The maximum absolute atomic E-state index is 6.07. The van der Waals surface area contributed by atoms with Gasteiger partial charge in [0, 0.05) is 12.6 Å². The molecule has 0 bridgehead atoms. The van der Waals surface area contributed by atoms with Gasteiger partial charge in [-0.25, -0.2) is 0 Å². The highest BCUT2D eigenvalue weighted by Crippen LogP contribution is 2.45. The van der Waals surface area contributed by atoms with Gasteiger partial charge in [0.25, 0.3) is 0 Å². The molecule has 1 spiro atoms. The van der Waals surface area contributed by atoms with E-state index in [4.69, 9.17) is 4.74 Å². The zero-order chi connectivity index (χ0) is 12.4. The molecule has 2 heteroatoms. The van der Waals surface area contributed by atoms with Crippen molar-refractivity contribution in [1.29, 1.82) is 0 Å². The van der Waals surface area contributed by atoms with Gasteiger partial charge in [0.05, 0.1) is 5.60 Å². The molecule has 1 heterocycles. The fourth-order valence-corrected chi connectivity index (χ4v) is 4.48. The minimum atomic E-state index is 0.313. The second-order valence-electron chi connectivity index (χ2n) is 6.92. The van der Waals surface area contributed by atoms with E-state index >= 15 is 0 Å². The fourth-order valence-electron chi connectivity index (χ4n) is 4.48. The van der Waals surface area contributed by atoms with Gasteiger partial charge in [-0.15, -0.1) is 0 Å². The van der Waals surface area contributed by atoms with Crippen LogP contribution in [0.4, 0.5) is 0 Å². The van der Waals surface area contributed by atoms with Gasteiger partial charge in [-0.05, 0) is 57.4 Å². The Bertz CT molecular complexity index is 268. The summed E-state index contributed by atoms with van der Waals surface area (Å²) in [5, 5.41) is 3.63. The smallest absolute Gasteiger partial charge is 0.0685 e. The molecule has 3 aliphatic rings. The minimum absolute atomic E-state index is 0.313. The van der Waals surface area contributed by atoms with Crippen molar-refractivity contribution in [2.45, 2.75) is 75.9 Å². The first-order valence-electron chi connectivity index (χ1n) is 8.12. The first-order chi connectivity index (χ1) is 8.81. The maximum atomic E-state index is 6.07. The fraction of sp³-hybridized carbons (Fsp3) is 1.00. The molecule has 1 aliphatic heterocycles. The van der Waals surface area contributed by atoms with E-state index in [1.165, 1.54) is 64.2 Å². The number of rotatable bonds is 4. The molecular formula is C16H29NO. The van der Waals surface area contributed by atoms with Crippen molar-refractivity contribution in [3.63, 3.8) is 0 Å². The van der Waals surface area contributed by atoms with Crippen LogP contribution >= 0.6 is 0 Å². The second kappa shape index (κ2) is 5.50. The van der Waals surface area contributed by atoms with Crippen molar-refractivity contribution < 1.29 is 4.74 Å². The molecule has 0 aromatic heterocycles. The molecular weight excluding hydrogens is 222 g/mol. The summed E-state index contributed by atoms with van der Waals surface area (Å²) in [5.41, 5.74) is 0.313. The summed E-state index contributed by atoms with van der Waals surface area (Å²) in [6.45, 7) is 1.01. The number of hydrogen-bond acceptors (Lipinski definition) is 2. The van der Waals surface area contributed by atoms with Crippen molar-refractivity contribution in [2.75, 3.05) is 13.7 Å². The molecule has 0 radical (unpaired) electrons. The van der Waals surface area contributed by atoms with Gasteiger partial charge in [0.1, 0.15) is 0 Å². The number of ether oxygens (including phenoxy) is 1. The molecule has 0 aromatic rings.